The third kappa shape index (κ3) is 4.18. The van der Waals surface area contributed by atoms with E-state index in [1.165, 1.54) is 0 Å². The van der Waals surface area contributed by atoms with E-state index in [1.54, 1.807) is 10.9 Å². The van der Waals surface area contributed by atoms with Gasteiger partial charge in [0, 0.05) is 37.4 Å². The van der Waals surface area contributed by atoms with Crippen LogP contribution in [0.15, 0.2) is 54.9 Å². The average Bonchev–Trinajstić information content (AvgIpc) is 3.59. The van der Waals surface area contributed by atoms with Crippen molar-refractivity contribution < 1.29 is 19.4 Å². The number of aliphatic carboxylic acids is 1. The normalized spacial score (nSPS) is 15.5. The third-order valence-electron chi connectivity index (χ3n) is 6.46. The minimum atomic E-state index is -0.735. The molecule has 0 bridgehead atoms. The zero-order valence-electron chi connectivity index (χ0n) is 18.9. The van der Waals surface area contributed by atoms with E-state index < -0.39 is 5.97 Å². The van der Waals surface area contributed by atoms with Gasteiger partial charge in [-0.05, 0) is 54.8 Å². The summed E-state index contributed by atoms with van der Waals surface area (Å²) in [4.78, 5) is 23.1. The van der Waals surface area contributed by atoms with Crippen molar-refractivity contribution in [1.82, 2.24) is 19.7 Å². The molecule has 0 atom stereocenters. The molecule has 2 aliphatic rings. The molecule has 0 radical (unpaired) electrons. The molecule has 2 N–H and O–H groups in total. The molecule has 10 heteroatoms. The predicted octanol–water partition coefficient (Wildman–Crippen LogP) is 3.46. The Labute approximate surface area is 201 Å². The highest BCUT2D eigenvalue weighted by molar-refractivity contribution is 5.91. The van der Waals surface area contributed by atoms with Gasteiger partial charge in [-0.2, -0.15) is 10.1 Å². The second-order valence-electron chi connectivity index (χ2n) is 8.67. The molecule has 4 heterocycles. The summed E-state index contributed by atoms with van der Waals surface area (Å²) in [5, 5.41) is 18.0. The second kappa shape index (κ2) is 8.79. The van der Waals surface area contributed by atoms with Crippen LogP contribution in [0.3, 0.4) is 0 Å². The highest BCUT2D eigenvalue weighted by Crippen LogP contribution is 2.33. The molecule has 10 nitrogen and oxygen atoms in total. The maximum Gasteiger partial charge on any atom is 0.306 e. The van der Waals surface area contributed by atoms with Crippen molar-refractivity contribution in [3.63, 3.8) is 0 Å². The molecule has 0 spiro atoms. The molecular formula is C25H24N6O4. The molecule has 2 aromatic heterocycles. The molecule has 1 fully saturated rings. The second-order valence-corrected chi connectivity index (χ2v) is 8.67. The topological polar surface area (TPSA) is 115 Å². The van der Waals surface area contributed by atoms with Gasteiger partial charge in [0.2, 0.25) is 12.7 Å². The number of rotatable bonds is 6. The van der Waals surface area contributed by atoms with E-state index in [1.807, 2.05) is 48.7 Å². The average molecular weight is 473 g/mol. The van der Waals surface area contributed by atoms with Crippen LogP contribution in [0.5, 0.6) is 11.5 Å². The van der Waals surface area contributed by atoms with Crippen LogP contribution >= 0.6 is 0 Å². The van der Waals surface area contributed by atoms with Gasteiger partial charge in [-0.1, -0.05) is 6.07 Å². The summed E-state index contributed by atoms with van der Waals surface area (Å²) >= 11 is 0. The van der Waals surface area contributed by atoms with Crippen LogP contribution in [0.25, 0.3) is 16.6 Å². The quantitative estimate of drug-likeness (QED) is 0.435. The van der Waals surface area contributed by atoms with E-state index in [4.69, 9.17) is 19.4 Å². The monoisotopic (exact) mass is 472 g/mol. The van der Waals surface area contributed by atoms with Crippen molar-refractivity contribution in [2.45, 2.75) is 19.4 Å². The lowest BCUT2D eigenvalue weighted by Crippen LogP contribution is -2.37. The van der Waals surface area contributed by atoms with Gasteiger partial charge in [0.25, 0.3) is 0 Å². The van der Waals surface area contributed by atoms with Crippen molar-refractivity contribution in [2.24, 2.45) is 5.92 Å². The van der Waals surface area contributed by atoms with Gasteiger partial charge in [-0.15, -0.1) is 0 Å². The Morgan fingerprint density at radius 1 is 1.09 bits per heavy atom. The zero-order valence-corrected chi connectivity index (χ0v) is 18.9. The first-order chi connectivity index (χ1) is 17.1. The lowest BCUT2D eigenvalue weighted by molar-refractivity contribution is -0.142. The van der Waals surface area contributed by atoms with Crippen LogP contribution < -0.4 is 19.7 Å². The smallest absolute Gasteiger partial charge is 0.306 e. The van der Waals surface area contributed by atoms with Crippen molar-refractivity contribution in [3.05, 3.63) is 60.4 Å². The third-order valence-corrected chi connectivity index (χ3v) is 6.46. The highest BCUT2D eigenvalue weighted by Gasteiger charge is 2.26. The highest BCUT2D eigenvalue weighted by atomic mass is 16.7. The summed E-state index contributed by atoms with van der Waals surface area (Å²) in [6.45, 7) is 1.99. The lowest BCUT2D eigenvalue weighted by atomic mass is 9.97. The van der Waals surface area contributed by atoms with Gasteiger partial charge in [-0.25, -0.2) is 9.67 Å². The molecule has 4 aromatic rings. The minimum Gasteiger partial charge on any atom is -0.481 e. The zero-order chi connectivity index (χ0) is 23.8. The van der Waals surface area contributed by atoms with E-state index in [-0.39, 0.29) is 12.7 Å². The van der Waals surface area contributed by atoms with Crippen molar-refractivity contribution in [3.8, 4) is 17.2 Å². The molecule has 2 aromatic carbocycles. The van der Waals surface area contributed by atoms with Crippen molar-refractivity contribution in [1.29, 1.82) is 0 Å². The fourth-order valence-corrected chi connectivity index (χ4v) is 4.51. The van der Waals surface area contributed by atoms with Crippen LogP contribution in [-0.4, -0.2) is 50.7 Å². The summed E-state index contributed by atoms with van der Waals surface area (Å²) < 4.78 is 12.7. The van der Waals surface area contributed by atoms with Crippen molar-refractivity contribution in [2.75, 3.05) is 30.1 Å². The number of piperidine rings is 1. The Kier molecular flexibility index (Phi) is 5.32. The first-order valence-electron chi connectivity index (χ1n) is 11.6. The summed E-state index contributed by atoms with van der Waals surface area (Å²) in [6.07, 6.45) is 4.79. The lowest BCUT2D eigenvalue weighted by Gasteiger charge is -2.30. The predicted molar refractivity (Wildman–Crippen MR) is 129 cm³/mol. The molecule has 178 valence electrons. The Morgan fingerprint density at radius 3 is 2.74 bits per heavy atom. The van der Waals surface area contributed by atoms with Gasteiger partial charge in [0.1, 0.15) is 5.82 Å². The van der Waals surface area contributed by atoms with Crippen LogP contribution in [0.4, 0.5) is 11.8 Å². The Morgan fingerprint density at radius 2 is 1.94 bits per heavy atom. The molecule has 2 aliphatic heterocycles. The molecule has 1 saturated heterocycles. The Balaban J connectivity index is 1.33. The summed E-state index contributed by atoms with van der Waals surface area (Å²) in [6, 6.07) is 13.7. The summed E-state index contributed by atoms with van der Waals surface area (Å²) in [5.74, 6) is 1.74. The van der Waals surface area contributed by atoms with Gasteiger partial charge >= 0.3 is 5.97 Å². The first-order valence-corrected chi connectivity index (χ1v) is 11.6. The fraction of sp³-hybridized carbons (Fsp3) is 0.280. The first kappa shape index (κ1) is 21.2. The van der Waals surface area contributed by atoms with E-state index in [9.17, 15) is 9.90 Å². The number of nitrogens with zero attached hydrogens (tertiary/aromatic N) is 5. The molecule has 6 rings (SSSR count). The van der Waals surface area contributed by atoms with Crippen LogP contribution in [0.1, 0.15) is 18.4 Å². The van der Waals surface area contributed by atoms with Gasteiger partial charge < -0.3 is 24.8 Å². The van der Waals surface area contributed by atoms with E-state index in [2.05, 4.69) is 15.3 Å². The summed E-state index contributed by atoms with van der Waals surface area (Å²) in [5.41, 5.74) is 2.75. The van der Waals surface area contributed by atoms with Gasteiger partial charge in [0.05, 0.1) is 17.1 Å². The number of carbonyl (C=O) groups is 1. The minimum absolute atomic E-state index is 0.237. The van der Waals surface area contributed by atoms with Gasteiger partial charge in [-0.3, -0.25) is 4.79 Å². The largest absolute Gasteiger partial charge is 0.481 e. The number of aromatic nitrogens is 4. The molecule has 0 aliphatic carbocycles. The molecule has 0 unspecified atom stereocenters. The molecule has 0 saturated carbocycles. The van der Waals surface area contributed by atoms with Crippen LogP contribution in [-0.2, 0) is 11.3 Å². The SMILES string of the molecule is O=C(O)C1CCN(c2nc(NCc3ccc4c(c3)OCO4)c3cc(-n4cccn4)ccc3n2)CC1. The van der Waals surface area contributed by atoms with E-state index in [0.717, 1.165) is 33.7 Å². The number of anilines is 2. The van der Waals surface area contributed by atoms with Crippen molar-refractivity contribution >= 4 is 28.6 Å². The number of ether oxygens (including phenoxy) is 2. The molecule has 0 amide bonds. The number of fused-ring (bicyclic) bond motifs is 2. The van der Waals surface area contributed by atoms with Crippen LogP contribution in [0, 0.1) is 5.92 Å². The maximum atomic E-state index is 11.4. The Bertz CT molecular complexity index is 1380. The summed E-state index contributed by atoms with van der Waals surface area (Å²) in [7, 11) is 0. The molecular weight excluding hydrogens is 448 g/mol. The fourth-order valence-electron chi connectivity index (χ4n) is 4.51. The number of carboxylic acids is 1. The number of carboxylic acid groups (broad SMARTS) is 1. The maximum absolute atomic E-state index is 11.4. The van der Waals surface area contributed by atoms with Gasteiger partial charge in [0.15, 0.2) is 11.5 Å². The number of nitrogens with one attached hydrogen (secondary N) is 1. The van der Waals surface area contributed by atoms with Crippen LogP contribution in [0.2, 0.25) is 0 Å². The number of benzene rings is 2. The number of hydrogen-bond donors (Lipinski definition) is 2. The Hall–Kier alpha value is -4.34. The molecule has 35 heavy (non-hydrogen) atoms. The van der Waals surface area contributed by atoms with E-state index in [0.29, 0.717) is 44.2 Å². The van der Waals surface area contributed by atoms with E-state index >= 15 is 0 Å². The standard InChI is InChI=1S/C25H24N6O4/c32-24(33)17-6-10-30(11-7-17)25-28-20-4-3-18(31-9-1-8-27-31)13-19(20)23(29-25)26-14-16-2-5-21-22(12-16)35-15-34-21/h1-5,8-9,12-13,17H,6-7,10-11,14-15H2,(H,32,33)(H,26,28,29). The number of hydrogen-bond acceptors (Lipinski definition) is 8.